The summed E-state index contributed by atoms with van der Waals surface area (Å²) in [5.74, 6) is -0.878. The zero-order valence-electron chi connectivity index (χ0n) is 8.98. The number of nitrogen functional groups attached to an aromatic ring is 2. The van der Waals surface area contributed by atoms with Crippen LogP contribution in [0.4, 0.5) is 16.2 Å². The summed E-state index contributed by atoms with van der Waals surface area (Å²) in [7, 11) is 0. The van der Waals surface area contributed by atoms with E-state index in [4.69, 9.17) is 28.3 Å². The van der Waals surface area contributed by atoms with Crippen LogP contribution in [0.3, 0.4) is 0 Å². The standard InChI is InChI=1S/C11H7ClFN5/c12-6-2-1-3-7(13)8(6)9-5(4-14)10(15)18-11(16)17-9/h1-3H,(H4,15,16,17,18). The second kappa shape index (κ2) is 4.47. The number of aromatic nitrogens is 2. The molecule has 5 nitrogen and oxygen atoms in total. The van der Waals surface area contributed by atoms with Crippen molar-refractivity contribution in [2.45, 2.75) is 0 Å². The molecule has 0 spiro atoms. The molecule has 0 unspecified atom stereocenters. The van der Waals surface area contributed by atoms with Crippen LogP contribution in [-0.2, 0) is 0 Å². The van der Waals surface area contributed by atoms with Gasteiger partial charge in [0, 0.05) is 0 Å². The molecule has 1 heterocycles. The Kier molecular flexibility index (Phi) is 3.00. The van der Waals surface area contributed by atoms with E-state index >= 15 is 0 Å². The van der Waals surface area contributed by atoms with Crippen molar-refractivity contribution < 1.29 is 4.39 Å². The van der Waals surface area contributed by atoms with Gasteiger partial charge in [0.05, 0.1) is 10.6 Å². The lowest BCUT2D eigenvalue weighted by Crippen LogP contribution is -2.05. The molecular weight excluding hydrogens is 257 g/mol. The molecule has 0 amide bonds. The van der Waals surface area contributed by atoms with Gasteiger partial charge in [-0.05, 0) is 12.1 Å². The van der Waals surface area contributed by atoms with Gasteiger partial charge in [-0.2, -0.15) is 10.2 Å². The molecule has 2 rings (SSSR count). The van der Waals surface area contributed by atoms with Crippen LogP contribution < -0.4 is 11.5 Å². The largest absolute Gasteiger partial charge is 0.382 e. The first-order valence-corrected chi connectivity index (χ1v) is 5.20. The first-order chi connectivity index (χ1) is 8.54. The van der Waals surface area contributed by atoms with E-state index in [9.17, 15) is 4.39 Å². The number of hydrogen-bond acceptors (Lipinski definition) is 5. The topological polar surface area (TPSA) is 102 Å². The van der Waals surface area contributed by atoms with E-state index in [1.54, 1.807) is 0 Å². The van der Waals surface area contributed by atoms with Crippen LogP contribution in [0.2, 0.25) is 5.02 Å². The van der Waals surface area contributed by atoms with Crippen molar-refractivity contribution in [3.8, 4) is 17.3 Å². The second-order valence-electron chi connectivity index (χ2n) is 3.40. The second-order valence-corrected chi connectivity index (χ2v) is 3.81. The van der Waals surface area contributed by atoms with Crippen molar-refractivity contribution in [3.63, 3.8) is 0 Å². The molecule has 0 saturated heterocycles. The minimum atomic E-state index is -0.614. The lowest BCUT2D eigenvalue weighted by molar-refractivity contribution is 0.631. The molecule has 0 aliphatic carbocycles. The highest BCUT2D eigenvalue weighted by Crippen LogP contribution is 2.33. The Hall–Kier alpha value is -2.39. The number of anilines is 2. The minimum Gasteiger partial charge on any atom is -0.382 e. The van der Waals surface area contributed by atoms with Gasteiger partial charge in [-0.1, -0.05) is 17.7 Å². The van der Waals surface area contributed by atoms with Gasteiger partial charge in [0.1, 0.15) is 29.0 Å². The maximum atomic E-state index is 13.8. The predicted octanol–water partition coefficient (Wildman–Crippen LogP) is 1.97. The van der Waals surface area contributed by atoms with Crippen molar-refractivity contribution in [3.05, 3.63) is 34.6 Å². The number of nitriles is 1. The molecule has 0 saturated carbocycles. The fraction of sp³-hybridized carbons (Fsp3) is 0. The Labute approximate surface area is 107 Å². The minimum absolute atomic E-state index is 0.00870. The van der Waals surface area contributed by atoms with Gasteiger partial charge >= 0.3 is 0 Å². The van der Waals surface area contributed by atoms with E-state index in [1.807, 2.05) is 6.07 Å². The Balaban J connectivity index is 2.84. The molecule has 7 heteroatoms. The molecule has 18 heavy (non-hydrogen) atoms. The third-order valence-corrected chi connectivity index (χ3v) is 2.58. The highest BCUT2D eigenvalue weighted by molar-refractivity contribution is 6.33. The van der Waals surface area contributed by atoms with Crippen molar-refractivity contribution in [1.29, 1.82) is 5.26 Å². The number of halogens is 2. The Morgan fingerprint density at radius 2 is 2.00 bits per heavy atom. The molecule has 0 atom stereocenters. The van der Waals surface area contributed by atoms with Gasteiger partial charge in [0.15, 0.2) is 0 Å². The van der Waals surface area contributed by atoms with Gasteiger partial charge in [-0.3, -0.25) is 0 Å². The zero-order chi connectivity index (χ0) is 13.3. The molecule has 1 aromatic carbocycles. The highest BCUT2D eigenvalue weighted by Gasteiger charge is 2.18. The van der Waals surface area contributed by atoms with Crippen LogP contribution in [-0.4, -0.2) is 9.97 Å². The Morgan fingerprint density at radius 3 is 2.61 bits per heavy atom. The summed E-state index contributed by atoms with van der Waals surface area (Å²) >= 11 is 5.91. The summed E-state index contributed by atoms with van der Waals surface area (Å²) in [6.07, 6.45) is 0. The molecule has 2 aromatic rings. The van der Waals surface area contributed by atoms with Crippen molar-refractivity contribution in [2.75, 3.05) is 11.5 Å². The summed E-state index contributed by atoms with van der Waals surface area (Å²) in [6, 6.07) is 5.95. The molecule has 0 radical (unpaired) electrons. The average Bonchev–Trinajstić information content (AvgIpc) is 2.28. The molecule has 90 valence electrons. The summed E-state index contributed by atoms with van der Waals surface area (Å²) in [5, 5.41) is 9.13. The zero-order valence-corrected chi connectivity index (χ0v) is 9.74. The molecule has 0 fully saturated rings. The summed E-state index contributed by atoms with van der Waals surface area (Å²) < 4.78 is 13.8. The van der Waals surface area contributed by atoms with Gasteiger partial charge in [-0.25, -0.2) is 9.37 Å². The van der Waals surface area contributed by atoms with Gasteiger partial charge < -0.3 is 11.5 Å². The van der Waals surface area contributed by atoms with Crippen LogP contribution in [0, 0.1) is 17.1 Å². The van der Waals surface area contributed by atoms with E-state index < -0.39 is 5.82 Å². The highest BCUT2D eigenvalue weighted by atomic mass is 35.5. The monoisotopic (exact) mass is 263 g/mol. The Bertz CT molecular complexity index is 645. The quantitative estimate of drug-likeness (QED) is 0.819. The fourth-order valence-electron chi connectivity index (χ4n) is 1.51. The average molecular weight is 264 g/mol. The van der Waals surface area contributed by atoms with E-state index in [0.29, 0.717) is 0 Å². The number of hydrogen-bond donors (Lipinski definition) is 2. The summed E-state index contributed by atoms with van der Waals surface area (Å²) in [5.41, 5.74) is 10.9. The predicted molar refractivity (Wildman–Crippen MR) is 66.0 cm³/mol. The van der Waals surface area contributed by atoms with Crippen LogP contribution >= 0.6 is 11.6 Å². The van der Waals surface area contributed by atoms with Crippen LogP contribution in [0.15, 0.2) is 18.2 Å². The van der Waals surface area contributed by atoms with Crippen molar-refractivity contribution in [2.24, 2.45) is 0 Å². The lowest BCUT2D eigenvalue weighted by Gasteiger charge is -2.08. The van der Waals surface area contributed by atoms with Crippen LogP contribution in [0.1, 0.15) is 5.56 Å². The molecule has 0 aliphatic heterocycles. The lowest BCUT2D eigenvalue weighted by atomic mass is 10.1. The van der Waals surface area contributed by atoms with E-state index in [2.05, 4.69) is 9.97 Å². The Morgan fingerprint density at radius 1 is 1.28 bits per heavy atom. The number of nitrogens with zero attached hydrogens (tertiary/aromatic N) is 3. The molecule has 1 aromatic heterocycles. The SMILES string of the molecule is N#Cc1c(N)nc(N)nc1-c1c(F)cccc1Cl. The summed E-state index contributed by atoms with van der Waals surface area (Å²) in [6.45, 7) is 0. The van der Waals surface area contributed by atoms with E-state index in [-0.39, 0.29) is 33.6 Å². The van der Waals surface area contributed by atoms with E-state index in [1.165, 1.54) is 18.2 Å². The van der Waals surface area contributed by atoms with Crippen LogP contribution in [0.5, 0.6) is 0 Å². The normalized spacial score (nSPS) is 10.1. The maximum Gasteiger partial charge on any atom is 0.222 e. The van der Waals surface area contributed by atoms with Gasteiger partial charge in [0.2, 0.25) is 5.95 Å². The first-order valence-electron chi connectivity index (χ1n) is 4.82. The maximum absolute atomic E-state index is 13.8. The van der Waals surface area contributed by atoms with Crippen molar-refractivity contribution in [1.82, 2.24) is 9.97 Å². The molecule has 0 bridgehead atoms. The third-order valence-electron chi connectivity index (χ3n) is 2.27. The molecule has 4 N–H and O–H groups in total. The summed E-state index contributed by atoms with van der Waals surface area (Å²) in [4.78, 5) is 7.48. The van der Waals surface area contributed by atoms with E-state index in [0.717, 1.165) is 0 Å². The molecule has 0 aliphatic rings. The number of benzene rings is 1. The smallest absolute Gasteiger partial charge is 0.222 e. The molecular formula is C11H7ClFN5. The fourth-order valence-corrected chi connectivity index (χ4v) is 1.76. The van der Waals surface area contributed by atoms with Gasteiger partial charge in [0.25, 0.3) is 0 Å². The van der Waals surface area contributed by atoms with Gasteiger partial charge in [-0.15, -0.1) is 0 Å². The first kappa shape index (κ1) is 12.1. The number of nitrogens with two attached hydrogens (primary N) is 2. The third kappa shape index (κ3) is 1.92. The van der Waals surface area contributed by atoms with Crippen molar-refractivity contribution >= 4 is 23.4 Å². The number of rotatable bonds is 1. The van der Waals surface area contributed by atoms with Crippen LogP contribution in [0.25, 0.3) is 11.3 Å².